The largest absolute Gasteiger partial charge is 0.311 e. The Bertz CT molecular complexity index is 3480. The molecule has 0 amide bonds. The first-order valence-electron chi connectivity index (χ1n) is 25.3. The van der Waals surface area contributed by atoms with Gasteiger partial charge in [-0.25, -0.2) is 0 Å². The van der Waals surface area contributed by atoms with Crippen LogP contribution in [0.3, 0.4) is 0 Å². The second-order valence-electron chi connectivity index (χ2n) is 18.7. The van der Waals surface area contributed by atoms with Crippen LogP contribution in [-0.2, 0) is 6.42 Å². The van der Waals surface area contributed by atoms with Crippen molar-refractivity contribution in [2.75, 3.05) is 14.7 Å². The van der Waals surface area contributed by atoms with Crippen LogP contribution in [0.1, 0.15) is 47.1 Å². The van der Waals surface area contributed by atoms with E-state index >= 15 is 0 Å². The van der Waals surface area contributed by atoms with Crippen LogP contribution in [0.25, 0.3) is 27.6 Å². The third kappa shape index (κ3) is 11.2. The van der Waals surface area contributed by atoms with Gasteiger partial charge in [0.15, 0.2) is 0 Å². The van der Waals surface area contributed by atoms with Gasteiger partial charge < -0.3 is 14.7 Å². The lowest BCUT2D eigenvalue weighted by atomic mass is 9.96. The Morgan fingerprint density at radius 3 is 1.24 bits per heavy atom. The van der Waals surface area contributed by atoms with Crippen LogP contribution in [0.5, 0.6) is 0 Å². The second kappa shape index (κ2) is 22.4. The quantitative estimate of drug-likeness (QED) is 0.143. The van der Waals surface area contributed by atoms with Gasteiger partial charge in [-0.3, -0.25) is 0 Å². The highest BCUT2D eigenvalue weighted by Crippen LogP contribution is 2.41. The molecule has 10 aromatic rings. The van der Waals surface area contributed by atoms with Crippen LogP contribution in [-0.4, -0.2) is 0 Å². The molecule has 3 heteroatoms. The number of nitrogens with zero attached hydrogens (tertiary/aromatic N) is 3. The van der Waals surface area contributed by atoms with Gasteiger partial charge in [0.25, 0.3) is 0 Å². The van der Waals surface area contributed by atoms with E-state index in [0.717, 1.165) is 58.3 Å². The minimum absolute atomic E-state index is 1.04. The van der Waals surface area contributed by atoms with Gasteiger partial charge in [0.2, 0.25) is 0 Å². The first kappa shape index (κ1) is 47.0. The average Bonchev–Trinajstić information content (AvgIpc) is 3.43. The number of aryl methyl sites for hydroxylation is 4. The van der Waals surface area contributed by atoms with Gasteiger partial charge in [-0.1, -0.05) is 181 Å². The van der Waals surface area contributed by atoms with E-state index in [2.05, 4.69) is 284 Å². The first-order chi connectivity index (χ1) is 35.4. The summed E-state index contributed by atoms with van der Waals surface area (Å²) in [5.74, 6) is 0. The van der Waals surface area contributed by atoms with Crippen molar-refractivity contribution in [3.63, 3.8) is 0 Å². The molecule has 0 saturated heterocycles. The SMILES string of the molecule is Cc1ccc(N(c2ccc(N(C3=CCCC=C3)c3ccc4ccccc4c3)cc2)c2ccc(N(c3ccccc3)c3ccc4ccccc4c3)cc2)cc1.Cc1ccc2c(c1)C=CCC2.Cc1ccccc1. The lowest BCUT2D eigenvalue weighted by Gasteiger charge is -2.30. The highest BCUT2D eigenvalue weighted by molar-refractivity contribution is 5.91. The number of hydrogen-bond donors (Lipinski definition) is 0. The van der Waals surface area contributed by atoms with E-state index in [0.29, 0.717) is 0 Å². The molecule has 0 bridgehead atoms. The summed E-state index contributed by atoms with van der Waals surface area (Å²) in [6, 6.07) is 84.8. The van der Waals surface area contributed by atoms with E-state index < -0.39 is 0 Å². The molecule has 12 rings (SSSR count). The van der Waals surface area contributed by atoms with Gasteiger partial charge in [0.05, 0.1) is 0 Å². The van der Waals surface area contributed by atoms with Crippen molar-refractivity contribution in [1.82, 2.24) is 0 Å². The average molecular weight is 932 g/mol. The Hall–Kier alpha value is -8.66. The van der Waals surface area contributed by atoms with Crippen LogP contribution in [0, 0.1) is 20.8 Å². The molecule has 72 heavy (non-hydrogen) atoms. The highest BCUT2D eigenvalue weighted by atomic mass is 15.2. The number of hydrogen-bond acceptors (Lipinski definition) is 3. The monoisotopic (exact) mass is 931 g/mol. The van der Waals surface area contributed by atoms with Gasteiger partial charge in [-0.15, -0.1) is 0 Å². The summed E-state index contributed by atoms with van der Waals surface area (Å²) in [5.41, 5.74) is 16.9. The molecule has 0 heterocycles. The van der Waals surface area contributed by atoms with Crippen molar-refractivity contribution in [3.05, 3.63) is 294 Å². The normalized spacial score (nSPS) is 12.4. The van der Waals surface area contributed by atoms with Crippen molar-refractivity contribution < 1.29 is 0 Å². The van der Waals surface area contributed by atoms with Crippen LogP contribution in [0.4, 0.5) is 45.5 Å². The molecule has 0 unspecified atom stereocenters. The van der Waals surface area contributed by atoms with Crippen LogP contribution >= 0.6 is 0 Å². The van der Waals surface area contributed by atoms with Gasteiger partial charge in [0.1, 0.15) is 0 Å². The fourth-order valence-electron chi connectivity index (χ4n) is 9.59. The third-order valence-electron chi connectivity index (χ3n) is 13.4. The van der Waals surface area contributed by atoms with Crippen molar-refractivity contribution in [1.29, 1.82) is 0 Å². The number of rotatable bonds is 9. The predicted molar refractivity (Wildman–Crippen MR) is 310 cm³/mol. The van der Waals surface area contributed by atoms with E-state index in [9.17, 15) is 0 Å². The van der Waals surface area contributed by atoms with Gasteiger partial charge in [-0.2, -0.15) is 0 Å². The minimum Gasteiger partial charge on any atom is -0.311 e. The zero-order chi connectivity index (χ0) is 49.1. The van der Waals surface area contributed by atoms with E-state index in [-0.39, 0.29) is 0 Å². The summed E-state index contributed by atoms with van der Waals surface area (Å²) < 4.78 is 0. The number of allylic oxidation sites excluding steroid dienone is 4. The third-order valence-corrected chi connectivity index (χ3v) is 13.4. The Morgan fingerprint density at radius 2 is 0.708 bits per heavy atom. The lowest BCUT2D eigenvalue weighted by molar-refractivity contribution is 0.984. The maximum Gasteiger partial charge on any atom is 0.0468 e. The number of benzene rings is 10. The summed E-state index contributed by atoms with van der Waals surface area (Å²) in [6.07, 6.45) is 15.9. The highest BCUT2D eigenvalue weighted by Gasteiger charge is 2.19. The smallest absolute Gasteiger partial charge is 0.0468 e. The molecule has 0 aromatic heterocycles. The molecule has 0 spiro atoms. The molecule has 2 aliphatic carbocycles. The summed E-state index contributed by atoms with van der Waals surface area (Å²) in [7, 11) is 0. The second-order valence-corrected chi connectivity index (χ2v) is 18.7. The fraction of sp³-hybridized carbons (Fsp3) is 0.101. The van der Waals surface area contributed by atoms with Crippen molar-refractivity contribution in [2.24, 2.45) is 0 Å². The Balaban J connectivity index is 0.000000276. The topological polar surface area (TPSA) is 9.72 Å². The Kier molecular flexibility index (Phi) is 14.6. The van der Waals surface area contributed by atoms with E-state index in [1.165, 1.54) is 67.9 Å². The summed E-state index contributed by atoms with van der Waals surface area (Å²) >= 11 is 0. The van der Waals surface area contributed by atoms with Gasteiger partial charge >= 0.3 is 0 Å². The molecule has 10 aromatic carbocycles. The van der Waals surface area contributed by atoms with E-state index in [1.54, 1.807) is 0 Å². The summed E-state index contributed by atoms with van der Waals surface area (Å²) in [6.45, 7) is 6.36. The molecule has 2 aliphatic rings. The lowest BCUT2D eigenvalue weighted by Crippen LogP contribution is -2.16. The first-order valence-corrected chi connectivity index (χ1v) is 25.3. The van der Waals surface area contributed by atoms with Crippen LogP contribution in [0.15, 0.2) is 267 Å². The number of anilines is 8. The molecule has 0 fully saturated rings. The fourth-order valence-corrected chi connectivity index (χ4v) is 9.59. The van der Waals surface area contributed by atoms with Gasteiger partial charge in [-0.05, 0) is 182 Å². The van der Waals surface area contributed by atoms with Crippen molar-refractivity contribution >= 4 is 73.1 Å². The molecular weight excluding hydrogens is 871 g/mol. The van der Waals surface area contributed by atoms with E-state index in [4.69, 9.17) is 0 Å². The molecule has 0 atom stereocenters. The molecular formula is C69H61N3. The van der Waals surface area contributed by atoms with Crippen LogP contribution < -0.4 is 14.7 Å². The van der Waals surface area contributed by atoms with Crippen molar-refractivity contribution in [3.8, 4) is 0 Å². The number of para-hydroxylation sites is 1. The molecule has 3 nitrogen and oxygen atoms in total. The molecule has 0 aliphatic heterocycles. The predicted octanol–water partition coefficient (Wildman–Crippen LogP) is 19.6. The zero-order valence-electron chi connectivity index (χ0n) is 41.6. The minimum atomic E-state index is 1.04. The van der Waals surface area contributed by atoms with E-state index in [1.807, 2.05) is 18.2 Å². The summed E-state index contributed by atoms with van der Waals surface area (Å²) in [5, 5.41) is 4.93. The molecule has 0 N–H and O–H groups in total. The zero-order valence-corrected chi connectivity index (χ0v) is 41.6. The molecule has 0 radical (unpaired) electrons. The number of fused-ring (bicyclic) bond motifs is 3. The molecule has 0 saturated carbocycles. The Morgan fingerprint density at radius 1 is 0.292 bits per heavy atom. The maximum absolute atomic E-state index is 2.38. The van der Waals surface area contributed by atoms with Crippen molar-refractivity contribution in [2.45, 2.75) is 46.5 Å². The summed E-state index contributed by atoms with van der Waals surface area (Å²) in [4.78, 5) is 7.05. The Labute approximate surface area is 426 Å². The van der Waals surface area contributed by atoms with Gasteiger partial charge in [0, 0.05) is 51.2 Å². The standard InChI is InChI=1S/C51H41N3.C11H12.C7H8/c1-38-20-24-45(25-21-38)52(46-28-32-48(33-29-46)53(43-16-4-2-5-17-43)50-26-22-39-12-8-10-14-41(39)36-50)47-30-34-49(35-31-47)54(44-18-6-3-7-19-44)51-27-23-40-13-9-11-15-42(40)37-51;1-9-6-7-10-4-2-3-5-11(10)8-9;1-7-5-3-2-4-6-7/h2,4-6,8-37H,3,7H2,1H3;3,5-8H,2,4H2,1H3;2-6H,1H3. The maximum atomic E-state index is 2.38. The van der Waals surface area contributed by atoms with Crippen LogP contribution in [0.2, 0.25) is 0 Å². The molecule has 352 valence electrons.